The van der Waals surface area contributed by atoms with E-state index in [2.05, 4.69) is 71.7 Å². The normalized spacial score (nSPS) is 11.1. The van der Waals surface area contributed by atoms with Crippen molar-refractivity contribution >= 4 is 27.3 Å². The fraction of sp³-hybridized carbons (Fsp3) is 0.412. The number of thiophene rings is 1. The van der Waals surface area contributed by atoms with Crippen molar-refractivity contribution in [2.75, 3.05) is 13.2 Å². The molecular formula is C17H22BrNOS. The molecule has 1 N–H and O–H groups in total. The predicted octanol–water partition coefficient (Wildman–Crippen LogP) is 5.11. The van der Waals surface area contributed by atoms with Gasteiger partial charge in [0.2, 0.25) is 0 Å². The zero-order chi connectivity index (χ0) is 15.2. The maximum absolute atomic E-state index is 5.95. The van der Waals surface area contributed by atoms with Crippen molar-refractivity contribution in [1.82, 2.24) is 5.32 Å². The molecule has 21 heavy (non-hydrogen) atoms. The summed E-state index contributed by atoms with van der Waals surface area (Å²) >= 11 is 5.23. The second-order valence-corrected chi connectivity index (χ2v) is 7.36. The Balaban J connectivity index is 1.79. The number of hydrogen-bond acceptors (Lipinski definition) is 3. The Labute approximate surface area is 139 Å². The number of benzene rings is 1. The Morgan fingerprint density at radius 2 is 2.10 bits per heavy atom. The van der Waals surface area contributed by atoms with E-state index in [1.165, 1.54) is 16.0 Å². The Hall–Kier alpha value is -0.840. The van der Waals surface area contributed by atoms with Crippen LogP contribution >= 0.6 is 27.3 Å². The molecule has 0 spiro atoms. The van der Waals surface area contributed by atoms with Crippen molar-refractivity contribution in [2.45, 2.75) is 33.2 Å². The maximum atomic E-state index is 5.95. The third kappa shape index (κ3) is 5.13. The molecule has 1 heterocycles. The summed E-state index contributed by atoms with van der Waals surface area (Å²) in [5, 5.41) is 5.52. The predicted molar refractivity (Wildman–Crippen MR) is 94.5 cm³/mol. The lowest BCUT2D eigenvalue weighted by Gasteiger charge is -2.15. The van der Waals surface area contributed by atoms with Crippen molar-refractivity contribution in [3.63, 3.8) is 0 Å². The van der Waals surface area contributed by atoms with Crippen molar-refractivity contribution in [2.24, 2.45) is 0 Å². The maximum Gasteiger partial charge on any atom is 0.123 e. The topological polar surface area (TPSA) is 21.3 Å². The fourth-order valence-electron chi connectivity index (χ4n) is 2.13. The molecule has 0 bridgehead atoms. The molecule has 0 unspecified atom stereocenters. The number of hydrogen-bond donors (Lipinski definition) is 1. The molecule has 4 heteroatoms. The van der Waals surface area contributed by atoms with Gasteiger partial charge in [-0.05, 0) is 52.0 Å². The largest absolute Gasteiger partial charge is 0.492 e. The van der Waals surface area contributed by atoms with Gasteiger partial charge in [0, 0.05) is 27.8 Å². The summed E-state index contributed by atoms with van der Waals surface area (Å²) < 4.78 is 7.11. The van der Waals surface area contributed by atoms with Crippen LogP contribution < -0.4 is 10.1 Å². The van der Waals surface area contributed by atoms with Gasteiger partial charge in [-0.3, -0.25) is 0 Å². The van der Waals surface area contributed by atoms with Gasteiger partial charge in [-0.2, -0.15) is 0 Å². The van der Waals surface area contributed by atoms with Crippen LogP contribution in [0.4, 0.5) is 0 Å². The molecule has 0 amide bonds. The molecule has 2 rings (SSSR count). The second kappa shape index (κ2) is 7.97. The summed E-state index contributed by atoms with van der Waals surface area (Å²) in [7, 11) is 0. The van der Waals surface area contributed by atoms with Crippen molar-refractivity contribution in [3.05, 3.63) is 50.1 Å². The molecule has 2 aromatic rings. The minimum atomic E-state index is 0.483. The number of ether oxygens (including phenoxy) is 1. The van der Waals surface area contributed by atoms with Crippen LogP contribution in [0.2, 0.25) is 0 Å². The highest BCUT2D eigenvalue weighted by atomic mass is 79.9. The van der Waals surface area contributed by atoms with Crippen LogP contribution in [0.5, 0.6) is 5.75 Å². The zero-order valence-electron chi connectivity index (χ0n) is 12.8. The summed E-state index contributed by atoms with van der Waals surface area (Å²) in [5.41, 5.74) is 2.52. The van der Waals surface area contributed by atoms with Gasteiger partial charge in [-0.1, -0.05) is 26.0 Å². The van der Waals surface area contributed by atoms with Gasteiger partial charge in [-0.15, -0.1) is 11.3 Å². The average molecular weight is 368 g/mol. The molecule has 0 fully saturated rings. The van der Waals surface area contributed by atoms with E-state index in [-0.39, 0.29) is 0 Å². The standard InChI is InChI=1S/C17H22BrNOS/c1-12(2)16-5-4-13(3)8-17(16)20-7-6-19-10-15-9-14(18)11-21-15/h4-5,8-9,11-12,19H,6-7,10H2,1-3H3. The first-order chi connectivity index (χ1) is 10.1. The molecular weight excluding hydrogens is 346 g/mol. The highest BCUT2D eigenvalue weighted by Gasteiger charge is 2.07. The van der Waals surface area contributed by atoms with Gasteiger partial charge in [0.25, 0.3) is 0 Å². The SMILES string of the molecule is Cc1ccc(C(C)C)c(OCCNCc2cc(Br)cs2)c1. The second-order valence-electron chi connectivity index (χ2n) is 5.45. The number of rotatable bonds is 7. The minimum absolute atomic E-state index is 0.483. The van der Waals surface area contributed by atoms with Gasteiger partial charge in [0.05, 0.1) is 0 Å². The van der Waals surface area contributed by atoms with Crippen molar-refractivity contribution < 1.29 is 4.74 Å². The van der Waals surface area contributed by atoms with E-state index in [1.54, 1.807) is 11.3 Å². The van der Waals surface area contributed by atoms with Gasteiger partial charge < -0.3 is 10.1 Å². The molecule has 0 aliphatic carbocycles. The summed E-state index contributed by atoms with van der Waals surface area (Å²) in [6.45, 7) is 8.93. The molecule has 114 valence electrons. The van der Waals surface area contributed by atoms with E-state index in [4.69, 9.17) is 4.74 Å². The number of aryl methyl sites for hydroxylation is 1. The third-order valence-electron chi connectivity index (χ3n) is 3.25. The highest BCUT2D eigenvalue weighted by Crippen LogP contribution is 2.27. The van der Waals surface area contributed by atoms with Gasteiger partial charge in [0.1, 0.15) is 12.4 Å². The van der Waals surface area contributed by atoms with E-state index < -0.39 is 0 Å². The Kier molecular flexibility index (Phi) is 6.27. The molecule has 0 saturated carbocycles. The van der Waals surface area contributed by atoms with Crippen molar-refractivity contribution in [1.29, 1.82) is 0 Å². The molecule has 0 aliphatic rings. The molecule has 0 radical (unpaired) electrons. The van der Waals surface area contributed by atoms with Crippen LogP contribution in [0.25, 0.3) is 0 Å². The van der Waals surface area contributed by atoms with E-state index in [1.807, 2.05) is 0 Å². The molecule has 1 aromatic carbocycles. The lowest BCUT2D eigenvalue weighted by molar-refractivity contribution is 0.309. The Morgan fingerprint density at radius 3 is 2.76 bits per heavy atom. The lowest BCUT2D eigenvalue weighted by atomic mass is 10.0. The van der Waals surface area contributed by atoms with E-state index in [0.717, 1.165) is 23.3 Å². The van der Waals surface area contributed by atoms with Gasteiger partial charge >= 0.3 is 0 Å². The first-order valence-corrected chi connectivity index (χ1v) is 8.90. The zero-order valence-corrected chi connectivity index (χ0v) is 15.2. The molecule has 0 saturated heterocycles. The van der Waals surface area contributed by atoms with E-state index in [0.29, 0.717) is 12.5 Å². The van der Waals surface area contributed by atoms with Crippen molar-refractivity contribution in [3.8, 4) is 5.75 Å². The summed E-state index contributed by atoms with van der Waals surface area (Å²) in [4.78, 5) is 1.33. The van der Waals surface area contributed by atoms with Crippen LogP contribution in [0.15, 0.2) is 34.1 Å². The average Bonchev–Trinajstić information content (AvgIpc) is 2.84. The molecule has 0 atom stereocenters. The lowest BCUT2D eigenvalue weighted by Crippen LogP contribution is -2.20. The van der Waals surface area contributed by atoms with E-state index in [9.17, 15) is 0 Å². The smallest absolute Gasteiger partial charge is 0.123 e. The first-order valence-electron chi connectivity index (χ1n) is 7.23. The monoisotopic (exact) mass is 367 g/mol. The first kappa shape index (κ1) is 16.5. The van der Waals surface area contributed by atoms with Gasteiger partial charge in [-0.25, -0.2) is 0 Å². The number of nitrogens with one attached hydrogen (secondary N) is 1. The molecule has 0 aliphatic heterocycles. The molecule has 1 aromatic heterocycles. The minimum Gasteiger partial charge on any atom is -0.492 e. The van der Waals surface area contributed by atoms with Crippen LogP contribution in [0.3, 0.4) is 0 Å². The summed E-state index contributed by atoms with van der Waals surface area (Å²) in [6, 6.07) is 8.60. The van der Waals surface area contributed by atoms with Crippen LogP contribution in [-0.4, -0.2) is 13.2 Å². The summed E-state index contributed by atoms with van der Waals surface area (Å²) in [5.74, 6) is 1.50. The van der Waals surface area contributed by atoms with Crippen LogP contribution in [0.1, 0.15) is 35.8 Å². The van der Waals surface area contributed by atoms with Gasteiger partial charge in [0.15, 0.2) is 0 Å². The number of halogens is 1. The Morgan fingerprint density at radius 1 is 1.29 bits per heavy atom. The van der Waals surface area contributed by atoms with E-state index >= 15 is 0 Å². The third-order valence-corrected chi connectivity index (χ3v) is 4.95. The highest BCUT2D eigenvalue weighted by molar-refractivity contribution is 9.10. The fourth-order valence-corrected chi connectivity index (χ4v) is 3.56. The summed E-state index contributed by atoms with van der Waals surface area (Å²) in [6.07, 6.45) is 0. The Bertz CT molecular complexity index is 580. The van der Waals surface area contributed by atoms with Crippen LogP contribution in [-0.2, 0) is 6.54 Å². The van der Waals surface area contributed by atoms with Crippen LogP contribution in [0, 0.1) is 6.92 Å². The molecule has 2 nitrogen and oxygen atoms in total. The quantitative estimate of drug-likeness (QED) is 0.686.